The van der Waals surface area contributed by atoms with E-state index >= 15 is 0 Å². The minimum atomic E-state index is 0.440. The molecule has 0 amide bonds. The number of aromatic nitrogens is 1. The van der Waals surface area contributed by atoms with E-state index in [0.717, 1.165) is 39.4 Å². The first-order valence-corrected chi connectivity index (χ1v) is 8.17. The van der Waals surface area contributed by atoms with Crippen molar-refractivity contribution in [2.45, 2.75) is 0 Å². The van der Waals surface area contributed by atoms with E-state index in [1.165, 1.54) is 0 Å². The maximum absolute atomic E-state index is 6.24. The summed E-state index contributed by atoms with van der Waals surface area (Å²) in [7, 11) is 5.01. The second-order valence-corrected chi connectivity index (χ2v) is 5.70. The number of rotatable bonds is 5. The lowest BCUT2D eigenvalue weighted by Gasteiger charge is -2.13. The number of benzene rings is 2. The fraction of sp³-hybridized carbons (Fsp3) is 0.143. The van der Waals surface area contributed by atoms with Gasteiger partial charge >= 0.3 is 0 Å². The predicted molar refractivity (Wildman–Crippen MR) is 106 cm³/mol. The predicted octanol–water partition coefficient (Wildman–Crippen LogP) is 4.06. The van der Waals surface area contributed by atoms with E-state index in [2.05, 4.69) is 9.98 Å². The van der Waals surface area contributed by atoms with Crippen molar-refractivity contribution in [2.24, 2.45) is 4.99 Å². The zero-order chi connectivity index (χ0) is 18.5. The van der Waals surface area contributed by atoms with Crippen molar-refractivity contribution in [3.8, 4) is 33.9 Å². The van der Waals surface area contributed by atoms with Crippen LogP contribution < -0.4 is 15.2 Å². The van der Waals surface area contributed by atoms with Gasteiger partial charge in [0.25, 0.3) is 0 Å². The van der Waals surface area contributed by atoms with Crippen LogP contribution in [0.1, 0.15) is 5.56 Å². The van der Waals surface area contributed by atoms with Gasteiger partial charge < -0.3 is 15.2 Å². The van der Waals surface area contributed by atoms with Crippen LogP contribution in [0, 0.1) is 0 Å². The van der Waals surface area contributed by atoms with Gasteiger partial charge in [0.2, 0.25) is 0 Å². The Labute approximate surface area is 153 Å². The topological polar surface area (TPSA) is 69.7 Å². The molecule has 0 aliphatic carbocycles. The van der Waals surface area contributed by atoms with Crippen LogP contribution in [0.15, 0.2) is 59.6 Å². The fourth-order valence-corrected chi connectivity index (χ4v) is 2.76. The number of nitrogens with zero attached hydrogens (tertiary/aromatic N) is 2. The van der Waals surface area contributed by atoms with Crippen molar-refractivity contribution in [1.29, 1.82) is 0 Å². The molecule has 3 aromatic rings. The number of pyridine rings is 1. The van der Waals surface area contributed by atoms with Gasteiger partial charge in [-0.1, -0.05) is 12.1 Å². The molecule has 0 saturated heterocycles. The fourth-order valence-electron chi connectivity index (χ4n) is 2.76. The summed E-state index contributed by atoms with van der Waals surface area (Å²) in [6, 6.07) is 17.6. The van der Waals surface area contributed by atoms with E-state index in [4.69, 9.17) is 15.2 Å². The number of ether oxygens (including phenoxy) is 2. The molecule has 0 bridgehead atoms. The highest BCUT2D eigenvalue weighted by molar-refractivity contribution is 5.96. The third-order valence-corrected chi connectivity index (χ3v) is 4.13. The lowest BCUT2D eigenvalue weighted by molar-refractivity contribution is 0.415. The van der Waals surface area contributed by atoms with E-state index in [1.54, 1.807) is 27.5 Å². The van der Waals surface area contributed by atoms with E-state index in [1.807, 2.05) is 54.6 Å². The number of aliphatic imine (C=N–C) groups is 1. The van der Waals surface area contributed by atoms with E-state index in [9.17, 15) is 0 Å². The highest BCUT2D eigenvalue weighted by atomic mass is 16.5. The van der Waals surface area contributed by atoms with Crippen molar-refractivity contribution < 1.29 is 9.47 Å². The molecule has 0 radical (unpaired) electrons. The molecule has 132 valence electrons. The molecule has 1 aromatic heterocycles. The number of anilines is 1. The van der Waals surface area contributed by atoms with Gasteiger partial charge in [-0.15, -0.1) is 0 Å². The molecule has 0 saturated carbocycles. The summed E-state index contributed by atoms with van der Waals surface area (Å²) in [4.78, 5) is 8.68. The normalized spacial score (nSPS) is 10.9. The van der Waals surface area contributed by atoms with E-state index < -0.39 is 0 Å². The van der Waals surface area contributed by atoms with Crippen molar-refractivity contribution in [1.82, 2.24) is 4.98 Å². The Balaban J connectivity index is 2.14. The number of methoxy groups -OCH3 is 2. The molecule has 3 rings (SSSR count). The summed E-state index contributed by atoms with van der Waals surface area (Å²) in [6.07, 6.45) is 1.74. The maximum atomic E-state index is 6.24. The zero-order valence-corrected chi connectivity index (χ0v) is 15.1. The molecule has 5 nitrogen and oxygen atoms in total. The largest absolute Gasteiger partial charge is 0.497 e. The van der Waals surface area contributed by atoms with Crippen LogP contribution in [0.3, 0.4) is 0 Å². The Morgan fingerprint density at radius 3 is 1.92 bits per heavy atom. The quantitative estimate of drug-likeness (QED) is 0.707. The molecular formula is C21H21N3O2. The van der Waals surface area contributed by atoms with Gasteiger partial charge in [0.1, 0.15) is 17.3 Å². The number of hydrogen-bond donors (Lipinski definition) is 1. The first kappa shape index (κ1) is 17.5. The van der Waals surface area contributed by atoms with Crippen molar-refractivity contribution in [2.75, 3.05) is 27.0 Å². The van der Waals surface area contributed by atoms with Crippen LogP contribution in [-0.2, 0) is 0 Å². The van der Waals surface area contributed by atoms with Crippen LogP contribution >= 0.6 is 0 Å². The molecular weight excluding hydrogens is 326 g/mol. The molecule has 2 N–H and O–H groups in total. The lowest BCUT2D eigenvalue weighted by Crippen LogP contribution is -2.02. The molecule has 0 fully saturated rings. The molecule has 26 heavy (non-hydrogen) atoms. The molecule has 0 spiro atoms. The Morgan fingerprint density at radius 2 is 1.42 bits per heavy atom. The number of nitrogens with two attached hydrogens (primary N) is 1. The SMILES string of the molecule is CN=Cc1c(-c2ccc(OC)cc2)cc(-c2ccc(OC)cc2)nc1N. The second-order valence-electron chi connectivity index (χ2n) is 5.70. The third kappa shape index (κ3) is 3.52. The number of hydrogen-bond acceptors (Lipinski definition) is 5. The van der Waals surface area contributed by atoms with Crippen LogP contribution in [0.4, 0.5) is 5.82 Å². The zero-order valence-electron chi connectivity index (χ0n) is 15.1. The molecule has 5 heteroatoms. The summed E-state index contributed by atoms with van der Waals surface area (Å²) < 4.78 is 10.5. The Morgan fingerprint density at radius 1 is 0.885 bits per heavy atom. The molecule has 0 aliphatic heterocycles. The van der Waals surface area contributed by atoms with Gasteiger partial charge in [0.15, 0.2) is 0 Å². The summed E-state index contributed by atoms with van der Waals surface area (Å²) in [5.74, 6) is 2.04. The van der Waals surface area contributed by atoms with E-state index in [-0.39, 0.29) is 0 Å². The van der Waals surface area contributed by atoms with Crippen molar-refractivity contribution in [3.63, 3.8) is 0 Å². The average molecular weight is 347 g/mol. The third-order valence-electron chi connectivity index (χ3n) is 4.13. The van der Waals surface area contributed by atoms with Crippen molar-refractivity contribution in [3.05, 3.63) is 60.2 Å². The standard InChI is InChI=1S/C21H21N3O2/c1-23-13-19-18(14-4-8-16(25-2)9-5-14)12-20(24-21(19)22)15-6-10-17(26-3)11-7-15/h4-13H,1-3H3,(H2,22,24). The maximum Gasteiger partial charge on any atom is 0.133 e. The van der Waals surface area contributed by atoms with Gasteiger partial charge in [-0.2, -0.15) is 0 Å². The smallest absolute Gasteiger partial charge is 0.133 e. The molecule has 1 heterocycles. The van der Waals surface area contributed by atoms with Crippen LogP contribution in [0.2, 0.25) is 0 Å². The first-order chi connectivity index (χ1) is 12.7. The van der Waals surface area contributed by atoms with Gasteiger partial charge in [-0.25, -0.2) is 4.98 Å². The molecule has 2 aromatic carbocycles. The monoisotopic (exact) mass is 347 g/mol. The summed E-state index contributed by atoms with van der Waals surface area (Å²) in [5, 5.41) is 0. The molecule has 0 atom stereocenters. The summed E-state index contributed by atoms with van der Waals surface area (Å²) in [6.45, 7) is 0. The minimum absolute atomic E-state index is 0.440. The summed E-state index contributed by atoms with van der Waals surface area (Å²) >= 11 is 0. The highest BCUT2D eigenvalue weighted by Crippen LogP contribution is 2.32. The second kappa shape index (κ2) is 7.70. The van der Waals surface area contributed by atoms with Gasteiger partial charge in [-0.05, 0) is 53.6 Å². The number of nitrogen functional groups attached to an aromatic ring is 1. The van der Waals surface area contributed by atoms with E-state index in [0.29, 0.717) is 5.82 Å². The van der Waals surface area contributed by atoms with Gasteiger partial charge in [-0.3, -0.25) is 4.99 Å². The average Bonchev–Trinajstić information content (AvgIpc) is 2.69. The van der Waals surface area contributed by atoms with Gasteiger partial charge in [0.05, 0.1) is 19.9 Å². The Hall–Kier alpha value is -3.34. The Bertz CT molecular complexity index is 917. The van der Waals surface area contributed by atoms with Crippen LogP contribution in [0.5, 0.6) is 11.5 Å². The van der Waals surface area contributed by atoms with Crippen molar-refractivity contribution >= 4 is 12.0 Å². The molecule has 0 aliphatic rings. The highest BCUT2D eigenvalue weighted by Gasteiger charge is 2.12. The molecule has 0 unspecified atom stereocenters. The Kier molecular flexibility index (Phi) is 5.17. The summed E-state index contributed by atoms with van der Waals surface area (Å²) in [5.41, 5.74) is 10.8. The van der Waals surface area contributed by atoms with Gasteiger partial charge in [0, 0.05) is 24.4 Å². The lowest BCUT2D eigenvalue weighted by atomic mass is 9.98. The van der Waals surface area contributed by atoms with Crippen LogP contribution in [-0.4, -0.2) is 32.5 Å². The van der Waals surface area contributed by atoms with Crippen LogP contribution in [0.25, 0.3) is 22.4 Å². The minimum Gasteiger partial charge on any atom is -0.497 e. The first-order valence-electron chi connectivity index (χ1n) is 8.17.